The third-order valence-corrected chi connectivity index (χ3v) is 4.82. The van der Waals surface area contributed by atoms with Gasteiger partial charge >= 0.3 is 6.18 Å². The van der Waals surface area contributed by atoms with Crippen molar-refractivity contribution in [2.75, 3.05) is 7.11 Å². The first-order chi connectivity index (χ1) is 11.8. The highest BCUT2D eigenvalue weighted by Gasteiger charge is 2.32. The number of fused-ring (bicyclic) bond motifs is 1. The maximum absolute atomic E-state index is 13.0. The topological polar surface area (TPSA) is 39.4 Å². The number of halogens is 4. The first kappa shape index (κ1) is 17.9. The van der Waals surface area contributed by atoms with Crippen molar-refractivity contribution in [1.82, 2.24) is 14.6 Å². The number of aromatic nitrogens is 3. The maximum Gasteiger partial charge on any atom is 0.417 e. The summed E-state index contributed by atoms with van der Waals surface area (Å²) in [4.78, 5) is 0. The zero-order valence-corrected chi connectivity index (χ0v) is 14.8. The Morgan fingerprint density at radius 1 is 1.24 bits per heavy atom. The van der Waals surface area contributed by atoms with E-state index < -0.39 is 11.7 Å². The Morgan fingerprint density at radius 2 is 2.00 bits per heavy atom. The molecule has 0 aliphatic carbocycles. The largest absolute Gasteiger partial charge is 0.496 e. The van der Waals surface area contributed by atoms with Gasteiger partial charge in [-0.05, 0) is 19.1 Å². The van der Waals surface area contributed by atoms with Gasteiger partial charge in [0.15, 0.2) is 10.8 Å². The predicted octanol–water partition coefficient (Wildman–Crippen LogP) is 5.01. The molecule has 0 spiro atoms. The van der Waals surface area contributed by atoms with Gasteiger partial charge in [-0.3, -0.25) is 4.40 Å². The number of benzene rings is 1. The molecule has 0 aliphatic rings. The molecule has 0 fully saturated rings. The molecule has 1 aromatic carbocycles. The van der Waals surface area contributed by atoms with Crippen molar-refractivity contribution in [1.29, 1.82) is 0 Å². The van der Waals surface area contributed by atoms with Crippen LogP contribution in [0.1, 0.15) is 16.7 Å². The molecule has 4 nitrogen and oxygen atoms in total. The fraction of sp³-hybridized carbons (Fsp3) is 0.250. The van der Waals surface area contributed by atoms with Crippen molar-refractivity contribution >= 4 is 29.0 Å². The predicted molar refractivity (Wildman–Crippen MR) is 90.3 cm³/mol. The summed E-state index contributed by atoms with van der Waals surface area (Å²) < 4.78 is 45.6. The molecule has 2 aromatic heterocycles. The number of rotatable bonds is 4. The van der Waals surface area contributed by atoms with Gasteiger partial charge < -0.3 is 4.74 Å². The lowest BCUT2D eigenvalue weighted by Crippen LogP contribution is -2.07. The molecule has 9 heteroatoms. The number of hydrogen-bond donors (Lipinski definition) is 0. The molecular weight excluding hydrogens is 375 g/mol. The summed E-state index contributed by atoms with van der Waals surface area (Å²) in [7, 11) is 1.57. The van der Waals surface area contributed by atoms with Crippen LogP contribution < -0.4 is 4.74 Å². The van der Waals surface area contributed by atoms with Crippen molar-refractivity contribution < 1.29 is 17.9 Å². The van der Waals surface area contributed by atoms with Crippen LogP contribution in [0.15, 0.2) is 35.6 Å². The van der Waals surface area contributed by atoms with Gasteiger partial charge in [0, 0.05) is 17.5 Å². The second-order valence-corrected chi connectivity index (χ2v) is 6.70. The van der Waals surface area contributed by atoms with Crippen LogP contribution in [-0.4, -0.2) is 21.7 Å². The average Bonchev–Trinajstić information content (AvgIpc) is 2.96. The molecule has 132 valence electrons. The Balaban J connectivity index is 1.95. The van der Waals surface area contributed by atoms with E-state index >= 15 is 0 Å². The summed E-state index contributed by atoms with van der Waals surface area (Å²) in [6, 6.07) is 6.59. The van der Waals surface area contributed by atoms with E-state index in [0.717, 1.165) is 23.4 Å². The Bertz CT molecular complexity index is 927. The van der Waals surface area contributed by atoms with Gasteiger partial charge in [-0.1, -0.05) is 41.1 Å². The third-order valence-electron chi connectivity index (χ3n) is 3.55. The molecule has 25 heavy (non-hydrogen) atoms. The van der Waals surface area contributed by atoms with E-state index in [1.807, 2.05) is 25.1 Å². The number of methoxy groups -OCH3 is 1. The number of pyridine rings is 1. The zero-order valence-electron chi connectivity index (χ0n) is 13.3. The minimum Gasteiger partial charge on any atom is -0.496 e. The number of alkyl halides is 3. The summed E-state index contributed by atoms with van der Waals surface area (Å²) in [5, 5.41) is 8.06. The van der Waals surface area contributed by atoms with Crippen LogP contribution in [-0.2, 0) is 11.9 Å². The third kappa shape index (κ3) is 3.69. The van der Waals surface area contributed by atoms with E-state index in [1.54, 1.807) is 7.11 Å². The zero-order chi connectivity index (χ0) is 18.2. The second kappa shape index (κ2) is 6.76. The van der Waals surface area contributed by atoms with Gasteiger partial charge in [0.05, 0.1) is 17.7 Å². The van der Waals surface area contributed by atoms with Gasteiger partial charge in [-0.25, -0.2) is 0 Å². The van der Waals surface area contributed by atoms with Crippen LogP contribution in [0.3, 0.4) is 0 Å². The Kier molecular flexibility index (Phi) is 4.83. The standard InChI is InChI=1S/C16H13ClF3N3OS/c1-9-3-4-13(24-2)10(5-9)8-25-15-22-21-14-12(17)6-11(7-23(14)15)16(18,19)20/h3-7H,8H2,1-2H3. The summed E-state index contributed by atoms with van der Waals surface area (Å²) in [6.07, 6.45) is -3.54. The molecule has 0 radical (unpaired) electrons. The fourth-order valence-electron chi connectivity index (χ4n) is 2.35. The summed E-state index contributed by atoms with van der Waals surface area (Å²) in [6.45, 7) is 1.95. The molecular formula is C16H13ClF3N3OS. The number of ether oxygens (including phenoxy) is 1. The van der Waals surface area contributed by atoms with Gasteiger partial charge in [-0.15, -0.1) is 10.2 Å². The summed E-state index contributed by atoms with van der Waals surface area (Å²) in [5.74, 6) is 1.18. The lowest BCUT2D eigenvalue weighted by molar-refractivity contribution is -0.137. The Labute approximate surface area is 151 Å². The van der Waals surface area contributed by atoms with E-state index in [0.29, 0.717) is 16.7 Å². The molecule has 3 rings (SSSR count). The quantitative estimate of drug-likeness (QED) is 0.590. The summed E-state index contributed by atoms with van der Waals surface area (Å²) in [5.41, 5.74) is 1.32. The lowest BCUT2D eigenvalue weighted by Gasteiger charge is -2.10. The van der Waals surface area contributed by atoms with Crippen molar-refractivity contribution in [3.8, 4) is 5.75 Å². The van der Waals surface area contributed by atoms with Crippen LogP contribution in [0.5, 0.6) is 5.75 Å². The Morgan fingerprint density at radius 3 is 2.68 bits per heavy atom. The minimum atomic E-state index is -4.50. The van der Waals surface area contributed by atoms with Gasteiger partial charge in [-0.2, -0.15) is 13.2 Å². The molecule has 0 atom stereocenters. The molecule has 0 saturated heterocycles. The second-order valence-electron chi connectivity index (χ2n) is 5.35. The van der Waals surface area contributed by atoms with E-state index in [1.165, 1.54) is 16.2 Å². The fourth-order valence-corrected chi connectivity index (χ4v) is 3.48. The van der Waals surface area contributed by atoms with Crippen LogP contribution in [0, 0.1) is 6.92 Å². The number of aryl methyl sites for hydroxylation is 1. The molecule has 0 amide bonds. The van der Waals surface area contributed by atoms with E-state index in [2.05, 4.69) is 10.2 Å². The highest BCUT2D eigenvalue weighted by atomic mass is 35.5. The lowest BCUT2D eigenvalue weighted by atomic mass is 10.1. The number of thioether (sulfide) groups is 1. The van der Waals surface area contributed by atoms with Crippen LogP contribution in [0.25, 0.3) is 5.65 Å². The van der Waals surface area contributed by atoms with Crippen molar-refractivity contribution in [2.24, 2.45) is 0 Å². The summed E-state index contributed by atoms with van der Waals surface area (Å²) >= 11 is 7.17. The van der Waals surface area contributed by atoms with Gasteiger partial charge in [0.2, 0.25) is 0 Å². The average molecular weight is 388 g/mol. The first-order valence-electron chi connectivity index (χ1n) is 7.17. The number of nitrogens with zero attached hydrogens (tertiary/aromatic N) is 3. The molecule has 0 N–H and O–H groups in total. The molecule has 2 heterocycles. The Hall–Kier alpha value is -1.93. The smallest absolute Gasteiger partial charge is 0.417 e. The SMILES string of the molecule is COc1ccc(C)cc1CSc1nnc2c(Cl)cc(C(F)(F)F)cn12. The van der Waals surface area contributed by atoms with Crippen LogP contribution >= 0.6 is 23.4 Å². The number of hydrogen-bond acceptors (Lipinski definition) is 4. The van der Waals surface area contributed by atoms with E-state index in [9.17, 15) is 13.2 Å². The van der Waals surface area contributed by atoms with Gasteiger partial charge in [0.1, 0.15) is 5.75 Å². The van der Waals surface area contributed by atoms with Crippen molar-refractivity contribution in [3.63, 3.8) is 0 Å². The highest BCUT2D eigenvalue weighted by Crippen LogP contribution is 2.34. The maximum atomic E-state index is 13.0. The molecule has 0 saturated carbocycles. The van der Waals surface area contributed by atoms with Gasteiger partial charge in [0.25, 0.3) is 0 Å². The van der Waals surface area contributed by atoms with Crippen molar-refractivity contribution in [3.05, 3.63) is 52.2 Å². The van der Waals surface area contributed by atoms with Crippen molar-refractivity contribution in [2.45, 2.75) is 24.0 Å². The normalized spacial score (nSPS) is 11.9. The monoisotopic (exact) mass is 387 g/mol. The van der Waals surface area contributed by atoms with E-state index in [4.69, 9.17) is 16.3 Å². The first-order valence-corrected chi connectivity index (χ1v) is 8.53. The van der Waals surface area contributed by atoms with E-state index in [-0.39, 0.29) is 10.7 Å². The highest BCUT2D eigenvalue weighted by molar-refractivity contribution is 7.98. The molecule has 0 bridgehead atoms. The molecule has 3 aromatic rings. The minimum absolute atomic E-state index is 0.0951. The van der Waals surface area contributed by atoms with Crippen LogP contribution in [0.2, 0.25) is 5.02 Å². The van der Waals surface area contributed by atoms with Crippen LogP contribution in [0.4, 0.5) is 13.2 Å². The molecule has 0 unspecified atom stereocenters. The molecule has 0 aliphatic heterocycles.